The van der Waals surface area contributed by atoms with Crippen LogP contribution in [0.15, 0.2) is 24.3 Å². The van der Waals surface area contributed by atoms with Gasteiger partial charge in [0.25, 0.3) is 0 Å². The first-order valence-electron chi connectivity index (χ1n) is 3.74. The van der Waals surface area contributed by atoms with Gasteiger partial charge in [0.05, 0.1) is 0 Å². The minimum Gasteiger partial charge on any atom is -0.180 e. The Kier molecular flexibility index (Phi) is 5.93. The van der Waals surface area contributed by atoms with Crippen molar-refractivity contribution >= 4 is 0 Å². The van der Waals surface area contributed by atoms with E-state index in [1.54, 1.807) is 0 Å². The zero-order valence-electron chi connectivity index (χ0n) is 7.59. The van der Waals surface area contributed by atoms with E-state index >= 15 is 0 Å². The second-order valence-electron chi connectivity index (χ2n) is 2.99. The molecule has 0 heterocycles. The number of hydrogen-bond acceptors (Lipinski definition) is 0. The van der Waals surface area contributed by atoms with Crippen LogP contribution in [0.3, 0.4) is 0 Å². The molecule has 0 aliphatic carbocycles. The van der Waals surface area contributed by atoms with Gasteiger partial charge in [0.1, 0.15) is 0 Å². The second kappa shape index (κ2) is 5.82. The molecule has 0 N–H and O–H groups in total. The zero-order chi connectivity index (χ0) is 7.40. The quantitative estimate of drug-likeness (QED) is 0.407. The van der Waals surface area contributed by atoms with Crippen LogP contribution in [-0.2, 0) is 6.42 Å². The SMILES string of the molecule is CC(C)Cc1[c-]cccc1.[Na+]. The van der Waals surface area contributed by atoms with Crippen LogP contribution in [0.1, 0.15) is 19.4 Å². The Balaban J connectivity index is 0.000001000. The fourth-order valence-corrected chi connectivity index (χ4v) is 0.997. The molecule has 0 radical (unpaired) electrons. The Morgan fingerprint density at radius 3 is 2.55 bits per heavy atom. The van der Waals surface area contributed by atoms with Crippen molar-refractivity contribution in [3.63, 3.8) is 0 Å². The molecule has 54 valence electrons. The summed E-state index contributed by atoms with van der Waals surface area (Å²) in [5.41, 5.74) is 1.32. The molecule has 0 saturated heterocycles. The molecule has 0 bridgehead atoms. The molecule has 0 saturated carbocycles. The van der Waals surface area contributed by atoms with Crippen molar-refractivity contribution in [1.82, 2.24) is 0 Å². The van der Waals surface area contributed by atoms with E-state index in [2.05, 4.69) is 32.0 Å². The summed E-state index contributed by atoms with van der Waals surface area (Å²) < 4.78 is 0. The molecule has 0 aliphatic rings. The topological polar surface area (TPSA) is 0 Å². The van der Waals surface area contributed by atoms with E-state index in [1.165, 1.54) is 5.56 Å². The van der Waals surface area contributed by atoms with Gasteiger partial charge in [-0.3, -0.25) is 0 Å². The van der Waals surface area contributed by atoms with E-state index in [9.17, 15) is 0 Å². The van der Waals surface area contributed by atoms with Crippen LogP contribution in [-0.4, -0.2) is 0 Å². The van der Waals surface area contributed by atoms with Crippen molar-refractivity contribution in [3.8, 4) is 0 Å². The van der Waals surface area contributed by atoms with Gasteiger partial charge in [0, 0.05) is 0 Å². The van der Waals surface area contributed by atoms with Gasteiger partial charge >= 0.3 is 29.6 Å². The smallest absolute Gasteiger partial charge is 0.180 e. The fourth-order valence-electron chi connectivity index (χ4n) is 0.997. The average molecular weight is 156 g/mol. The molecule has 0 fully saturated rings. The van der Waals surface area contributed by atoms with Crippen molar-refractivity contribution in [1.29, 1.82) is 0 Å². The molecule has 0 unspecified atom stereocenters. The second-order valence-corrected chi connectivity index (χ2v) is 2.99. The Hall–Kier alpha value is 0.220. The third-order valence-corrected chi connectivity index (χ3v) is 1.40. The van der Waals surface area contributed by atoms with Gasteiger partial charge in [-0.15, -0.1) is 0 Å². The van der Waals surface area contributed by atoms with Crippen LogP contribution in [0.5, 0.6) is 0 Å². The van der Waals surface area contributed by atoms with Gasteiger partial charge < -0.3 is 0 Å². The molecule has 0 aliphatic heterocycles. The van der Waals surface area contributed by atoms with E-state index in [-0.39, 0.29) is 29.6 Å². The standard InChI is InChI=1S/C10H13.Na/c1-9(2)8-10-6-4-3-5-7-10;/h3-6,9H,8H2,1-2H3;/q-1;+1. The van der Waals surface area contributed by atoms with Gasteiger partial charge in [-0.25, -0.2) is 0 Å². The normalized spacial score (nSPS) is 9.36. The van der Waals surface area contributed by atoms with Gasteiger partial charge in [-0.05, 0) is 12.3 Å². The summed E-state index contributed by atoms with van der Waals surface area (Å²) >= 11 is 0. The Morgan fingerprint density at radius 2 is 2.09 bits per heavy atom. The van der Waals surface area contributed by atoms with Crippen LogP contribution in [0.25, 0.3) is 0 Å². The maximum Gasteiger partial charge on any atom is 1.00 e. The van der Waals surface area contributed by atoms with E-state index < -0.39 is 0 Å². The van der Waals surface area contributed by atoms with Crippen LogP contribution in [0, 0.1) is 12.0 Å². The molecule has 1 aromatic carbocycles. The summed E-state index contributed by atoms with van der Waals surface area (Å²) in [6, 6.07) is 11.4. The molecular weight excluding hydrogens is 143 g/mol. The van der Waals surface area contributed by atoms with Crippen LogP contribution in [0.4, 0.5) is 0 Å². The monoisotopic (exact) mass is 156 g/mol. The first kappa shape index (κ1) is 11.2. The van der Waals surface area contributed by atoms with E-state index in [0.29, 0.717) is 0 Å². The number of benzene rings is 1. The molecule has 1 rings (SSSR count). The minimum atomic E-state index is 0. The van der Waals surface area contributed by atoms with Gasteiger partial charge in [0.2, 0.25) is 0 Å². The first-order valence-corrected chi connectivity index (χ1v) is 3.74. The molecule has 0 atom stereocenters. The van der Waals surface area contributed by atoms with E-state index in [0.717, 1.165) is 12.3 Å². The third kappa shape index (κ3) is 4.62. The molecular formula is C10H13Na. The molecule has 0 spiro atoms. The Labute approximate surface area is 91.3 Å². The van der Waals surface area contributed by atoms with Crippen molar-refractivity contribution < 1.29 is 29.6 Å². The third-order valence-electron chi connectivity index (χ3n) is 1.40. The van der Waals surface area contributed by atoms with E-state index in [1.807, 2.05) is 12.1 Å². The fraction of sp³-hybridized carbons (Fsp3) is 0.400. The average Bonchev–Trinajstić information content (AvgIpc) is 1.88. The maximum atomic E-state index is 3.20. The summed E-state index contributed by atoms with van der Waals surface area (Å²) in [6.45, 7) is 4.45. The predicted molar refractivity (Wildman–Crippen MR) is 43.8 cm³/mol. The molecule has 0 amide bonds. The van der Waals surface area contributed by atoms with Crippen molar-refractivity contribution in [3.05, 3.63) is 35.9 Å². The zero-order valence-corrected chi connectivity index (χ0v) is 9.59. The Morgan fingerprint density at radius 1 is 1.36 bits per heavy atom. The van der Waals surface area contributed by atoms with Crippen molar-refractivity contribution in [2.45, 2.75) is 20.3 Å². The van der Waals surface area contributed by atoms with Gasteiger partial charge in [0.15, 0.2) is 0 Å². The van der Waals surface area contributed by atoms with Gasteiger partial charge in [-0.2, -0.15) is 35.9 Å². The van der Waals surface area contributed by atoms with Crippen LogP contribution < -0.4 is 29.6 Å². The maximum absolute atomic E-state index is 3.20. The summed E-state index contributed by atoms with van der Waals surface area (Å²) in [5.74, 6) is 0.735. The summed E-state index contributed by atoms with van der Waals surface area (Å²) in [7, 11) is 0. The van der Waals surface area contributed by atoms with Gasteiger partial charge in [-0.1, -0.05) is 13.8 Å². The summed E-state index contributed by atoms with van der Waals surface area (Å²) in [5, 5.41) is 0. The Bertz CT molecular complexity index is 179. The molecule has 11 heavy (non-hydrogen) atoms. The molecule has 1 heteroatoms. The molecule has 0 nitrogen and oxygen atoms in total. The van der Waals surface area contributed by atoms with Crippen LogP contribution >= 0.6 is 0 Å². The summed E-state index contributed by atoms with van der Waals surface area (Å²) in [4.78, 5) is 0. The number of hydrogen-bond donors (Lipinski definition) is 0. The summed E-state index contributed by atoms with van der Waals surface area (Å²) in [6.07, 6.45) is 1.14. The minimum absolute atomic E-state index is 0. The first-order chi connectivity index (χ1) is 4.79. The molecule has 0 aromatic heterocycles. The van der Waals surface area contributed by atoms with E-state index in [4.69, 9.17) is 0 Å². The predicted octanol–water partition coefficient (Wildman–Crippen LogP) is -0.311. The molecule has 1 aromatic rings. The van der Waals surface area contributed by atoms with Crippen molar-refractivity contribution in [2.75, 3.05) is 0 Å². The van der Waals surface area contributed by atoms with Crippen LogP contribution in [0.2, 0.25) is 0 Å². The number of rotatable bonds is 2. The largest absolute Gasteiger partial charge is 1.00 e. The van der Waals surface area contributed by atoms with Crippen molar-refractivity contribution in [2.24, 2.45) is 5.92 Å².